The van der Waals surface area contributed by atoms with Gasteiger partial charge in [-0.1, -0.05) is 68.4 Å². The van der Waals surface area contributed by atoms with Crippen molar-refractivity contribution in [1.29, 1.82) is 0 Å². The minimum Gasteiger partial charge on any atom is -0.390 e. The number of carbonyl (C=O) groups excluding carboxylic acids is 2. The zero-order chi connectivity index (χ0) is 28.0. The highest BCUT2D eigenvalue weighted by atomic mass is 19.1. The van der Waals surface area contributed by atoms with E-state index in [2.05, 4.69) is 10.6 Å². The predicted octanol–water partition coefficient (Wildman–Crippen LogP) is 4.62. The summed E-state index contributed by atoms with van der Waals surface area (Å²) in [7, 11) is 0. The van der Waals surface area contributed by atoms with E-state index in [9.17, 15) is 19.1 Å². The number of carbonyl (C=O) groups is 2. The molecule has 0 radical (unpaired) electrons. The number of amides is 2. The molecule has 0 saturated carbocycles. The van der Waals surface area contributed by atoms with Crippen molar-refractivity contribution >= 4 is 11.8 Å². The first-order valence-corrected chi connectivity index (χ1v) is 13.8. The van der Waals surface area contributed by atoms with E-state index >= 15 is 0 Å². The number of halogens is 1. The van der Waals surface area contributed by atoms with Crippen molar-refractivity contribution < 1.29 is 19.1 Å². The standard InChI is InChI=1S/C32H40FN3O3/c1-3-19-36(20-4-2)32(39)27-15-10-14-26(22-27)31(38)35-29(21-24-11-6-5-7-12-24)30(37)23-34-18-17-25-13-8-9-16-28(25)33/h5-16,22,29-30,34,37H,3-4,17-21,23H2,1-2H3,(H,35,38)/t29-,30+/m0/s1. The smallest absolute Gasteiger partial charge is 0.253 e. The molecule has 0 aliphatic rings. The summed E-state index contributed by atoms with van der Waals surface area (Å²) in [6, 6.07) is 22.5. The van der Waals surface area contributed by atoms with E-state index in [1.54, 1.807) is 42.5 Å². The molecule has 3 aromatic rings. The fourth-order valence-corrected chi connectivity index (χ4v) is 4.55. The van der Waals surface area contributed by atoms with Gasteiger partial charge in [-0.15, -0.1) is 0 Å². The van der Waals surface area contributed by atoms with Gasteiger partial charge in [0.05, 0.1) is 12.1 Å². The van der Waals surface area contributed by atoms with Gasteiger partial charge in [-0.25, -0.2) is 4.39 Å². The molecular weight excluding hydrogens is 493 g/mol. The Kier molecular flexibility index (Phi) is 12.1. The molecule has 0 spiro atoms. The Hall–Kier alpha value is -3.55. The van der Waals surface area contributed by atoms with Gasteiger partial charge in [0.15, 0.2) is 0 Å². The minimum atomic E-state index is -0.885. The predicted molar refractivity (Wildman–Crippen MR) is 153 cm³/mol. The van der Waals surface area contributed by atoms with Crippen LogP contribution in [-0.2, 0) is 12.8 Å². The first kappa shape index (κ1) is 30.0. The highest BCUT2D eigenvalue weighted by Gasteiger charge is 2.23. The molecule has 2 amide bonds. The average molecular weight is 534 g/mol. The van der Waals surface area contributed by atoms with Crippen molar-refractivity contribution in [1.82, 2.24) is 15.5 Å². The van der Waals surface area contributed by atoms with Gasteiger partial charge in [0.1, 0.15) is 5.82 Å². The second-order valence-electron chi connectivity index (χ2n) is 9.76. The monoisotopic (exact) mass is 533 g/mol. The summed E-state index contributed by atoms with van der Waals surface area (Å²) < 4.78 is 13.9. The largest absolute Gasteiger partial charge is 0.390 e. The van der Waals surface area contributed by atoms with Crippen LogP contribution in [-0.4, -0.2) is 60.1 Å². The van der Waals surface area contributed by atoms with E-state index in [4.69, 9.17) is 0 Å². The Balaban J connectivity index is 1.68. The van der Waals surface area contributed by atoms with Gasteiger partial charge in [0.2, 0.25) is 0 Å². The van der Waals surface area contributed by atoms with Crippen LogP contribution < -0.4 is 10.6 Å². The number of rotatable bonds is 15. The van der Waals surface area contributed by atoms with Gasteiger partial charge in [0, 0.05) is 30.8 Å². The quantitative estimate of drug-likeness (QED) is 0.249. The summed E-state index contributed by atoms with van der Waals surface area (Å²) in [5.74, 6) is -0.691. The van der Waals surface area contributed by atoms with Crippen molar-refractivity contribution in [2.45, 2.75) is 51.7 Å². The van der Waals surface area contributed by atoms with Crippen molar-refractivity contribution in [3.63, 3.8) is 0 Å². The molecule has 3 N–H and O–H groups in total. The van der Waals surface area contributed by atoms with Gasteiger partial charge >= 0.3 is 0 Å². The first-order chi connectivity index (χ1) is 18.9. The number of nitrogens with one attached hydrogen (secondary N) is 2. The molecule has 6 nitrogen and oxygen atoms in total. The lowest BCUT2D eigenvalue weighted by molar-refractivity contribution is 0.0755. The fraction of sp³-hybridized carbons (Fsp3) is 0.375. The molecule has 208 valence electrons. The first-order valence-electron chi connectivity index (χ1n) is 13.8. The Morgan fingerprint density at radius 3 is 2.26 bits per heavy atom. The Bertz CT molecular complexity index is 1180. The molecule has 0 fully saturated rings. The number of hydrogen-bond donors (Lipinski definition) is 3. The summed E-state index contributed by atoms with van der Waals surface area (Å²) in [6.45, 7) is 6.12. The molecule has 39 heavy (non-hydrogen) atoms. The van der Waals surface area contributed by atoms with Crippen molar-refractivity contribution in [2.75, 3.05) is 26.2 Å². The number of hydrogen-bond acceptors (Lipinski definition) is 4. The summed E-state index contributed by atoms with van der Waals surface area (Å²) in [6.07, 6.45) is 1.76. The second-order valence-corrected chi connectivity index (χ2v) is 9.76. The molecule has 0 aliphatic carbocycles. The molecule has 0 unspecified atom stereocenters. The van der Waals surface area contributed by atoms with Crippen LogP contribution in [0.5, 0.6) is 0 Å². The number of benzene rings is 3. The van der Waals surface area contributed by atoms with Gasteiger partial charge in [0.25, 0.3) is 11.8 Å². The van der Waals surface area contributed by atoms with Gasteiger partial charge in [-0.2, -0.15) is 0 Å². The van der Waals surface area contributed by atoms with Crippen LogP contribution in [0.1, 0.15) is 58.5 Å². The van der Waals surface area contributed by atoms with Crippen LogP contribution in [0.15, 0.2) is 78.9 Å². The lowest BCUT2D eigenvalue weighted by Gasteiger charge is -2.25. The maximum atomic E-state index is 13.9. The normalized spacial score (nSPS) is 12.5. The third kappa shape index (κ3) is 9.30. The minimum absolute atomic E-state index is 0.0896. The highest BCUT2D eigenvalue weighted by molar-refractivity contribution is 5.99. The van der Waals surface area contributed by atoms with Crippen LogP contribution in [0.3, 0.4) is 0 Å². The van der Waals surface area contributed by atoms with E-state index in [1.807, 2.05) is 49.1 Å². The van der Waals surface area contributed by atoms with E-state index < -0.39 is 12.1 Å². The van der Waals surface area contributed by atoms with Crippen LogP contribution in [0.4, 0.5) is 4.39 Å². The number of nitrogens with zero attached hydrogens (tertiary/aromatic N) is 1. The van der Waals surface area contributed by atoms with Crippen LogP contribution in [0.2, 0.25) is 0 Å². The molecule has 3 rings (SSSR count). The van der Waals surface area contributed by atoms with Crippen LogP contribution in [0, 0.1) is 5.82 Å². The lowest BCUT2D eigenvalue weighted by Crippen LogP contribution is -2.49. The topological polar surface area (TPSA) is 81.7 Å². The summed E-state index contributed by atoms with van der Waals surface area (Å²) in [5, 5.41) is 17.2. The van der Waals surface area contributed by atoms with Crippen LogP contribution >= 0.6 is 0 Å². The fourth-order valence-electron chi connectivity index (χ4n) is 4.55. The molecule has 7 heteroatoms. The van der Waals surface area contributed by atoms with E-state index in [0.29, 0.717) is 49.2 Å². The number of aliphatic hydroxyl groups excluding tert-OH is 1. The Morgan fingerprint density at radius 2 is 1.56 bits per heavy atom. The summed E-state index contributed by atoms with van der Waals surface area (Å²) in [4.78, 5) is 28.2. The molecule has 0 bridgehead atoms. The SMILES string of the molecule is CCCN(CCC)C(=O)c1cccc(C(=O)N[C@@H](Cc2ccccc2)[C@H](O)CNCCc2ccccc2F)c1. The zero-order valence-electron chi connectivity index (χ0n) is 22.9. The Labute approximate surface area is 231 Å². The second kappa shape index (κ2) is 15.8. The van der Waals surface area contributed by atoms with Crippen molar-refractivity contribution in [2.24, 2.45) is 0 Å². The highest BCUT2D eigenvalue weighted by Crippen LogP contribution is 2.13. The van der Waals surface area contributed by atoms with E-state index in [-0.39, 0.29) is 24.2 Å². The molecule has 0 heterocycles. The molecule has 3 aromatic carbocycles. The summed E-state index contributed by atoms with van der Waals surface area (Å²) >= 11 is 0. The molecule has 0 aromatic heterocycles. The van der Waals surface area contributed by atoms with E-state index in [1.165, 1.54) is 6.07 Å². The summed E-state index contributed by atoms with van der Waals surface area (Å²) in [5.41, 5.74) is 2.43. The Morgan fingerprint density at radius 1 is 0.897 bits per heavy atom. The molecule has 0 saturated heterocycles. The molecular formula is C32H40FN3O3. The van der Waals surface area contributed by atoms with Gasteiger partial charge < -0.3 is 20.6 Å². The van der Waals surface area contributed by atoms with E-state index in [0.717, 1.165) is 18.4 Å². The van der Waals surface area contributed by atoms with Crippen molar-refractivity contribution in [3.8, 4) is 0 Å². The third-order valence-corrected chi connectivity index (χ3v) is 6.61. The number of aliphatic hydroxyl groups is 1. The van der Waals surface area contributed by atoms with Gasteiger partial charge in [-0.05, 0) is 67.6 Å². The average Bonchev–Trinajstić information content (AvgIpc) is 2.95. The third-order valence-electron chi connectivity index (χ3n) is 6.61. The molecule has 0 aliphatic heterocycles. The lowest BCUT2D eigenvalue weighted by atomic mass is 10.00. The van der Waals surface area contributed by atoms with Gasteiger partial charge in [-0.3, -0.25) is 9.59 Å². The zero-order valence-corrected chi connectivity index (χ0v) is 22.9. The van der Waals surface area contributed by atoms with Crippen molar-refractivity contribution in [3.05, 3.63) is 107 Å². The maximum Gasteiger partial charge on any atom is 0.253 e. The van der Waals surface area contributed by atoms with Crippen LogP contribution in [0.25, 0.3) is 0 Å². The molecule has 2 atom stereocenters. The maximum absolute atomic E-state index is 13.9.